The van der Waals surface area contributed by atoms with Crippen molar-refractivity contribution in [3.8, 4) is 17.7 Å². The van der Waals surface area contributed by atoms with Crippen LogP contribution in [0.1, 0.15) is 38.0 Å². The second-order valence-corrected chi connectivity index (χ2v) is 6.80. The van der Waals surface area contributed by atoms with Gasteiger partial charge in [-0.1, -0.05) is 0 Å². The van der Waals surface area contributed by atoms with Crippen molar-refractivity contribution >= 4 is 0 Å². The third-order valence-corrected chi connectivity index (χ3v) is 4.68. The number of nitrogens with zero attached hydrogens (tertiary/aromatic N) is 2. The molecule has 0 aliphatic carbocycles. The van der Waals surface area contributed by atoms with Crippen LogP contribution >= 0.6 is 0 Å². The lowest BCUT2D eigenvalue weighted by atomic mass is 9.75. The molecule has 8 heteroatoms. The molecule has 27 heavy (non-hydrogen) atoms. The van der Waals surface area contributed by atoms with Crippen molar-refractivity contribution in [3.63, 3.8) is 0 Å². The van der Waals surface area contributed by atoms with E-state index in [9.17, 15) is 15.2 Å². The van der Waals surface area contributed by atoms with E-state index < -0.39 is 17.3 Å². The molecule has 8 nitrogen and oxygen atoms in total. The zero-order valence-electron chi connectivity index (χ0n) is 15.4. The van der Waals surface area contributed by atoms with Crippen LogP contribution in [0.2, 0.25) is 0 Å². The van der Waals surface area contributed by atoms with E-state index in [-0.39, 0.29) is 18.0 Å². The Hall–Kier alpha value is -2.89. The van der Waals surface area contributed by atoms with Gasteiger partial charge in [-0.15, -0.1) is 5.10 Å². The molecule has 0 amide bonds. The summed E-state index contributed by atoms with van der Waals surface area (Å²) >= 11 is 0. The molecule has 0 fully saturated rings. The summed E-state index contributed by atoms with van der Waals surface area (Å²) in [6.45, 7) is 5.64. The van der Waals surface area contributed by atoms with Crippen LogP contribution in [-0.4, -0.2) is 39.7 Å². The minimum atomic E-state index is -1.58. The number of hydrogen-bond acceptors (Lipinski definition) is 7. The molecule has 0 saturated heterocycles. The molecule has 142 valence electrons. The number of aromatic amines is 1. The molecule has 0 saturated carbocycles. The predicted molar refractivity (Wildman–Crippen MR) is 95.5 cm³/mol. The Morgan fingerprint density at radius 1 is 1.37 bits per heavy atom. The van der Waals surface area contributed by atoms with Crippen molar-refractivity contribution in [2.75, 3.05) is 13.2 Å². The molecule has 2 atom stereocenters. The SMILES string of the molecule is CCOC[C@]1(O)[C@H](Oc2ccc(=O)[nH]n2)c2cc(C#N)ccc2OC1(C)C. The van der Waals surface area contributed by atoms with Crippen molar-refractivity contribution in [2.45, 2.75) is 38.1 Å². The highest BCUT2D eigenvalue weighted by Crippen LogP contribution is 2.48. The lowest BCUT2D eigenvalue weighted by molar-refractivity contribution is -0.211. The molecule has 1 aliphatic rings. The van der Waals surface area contributed by atoms with Gasteiger partial charge >= 0.3 is 0 Å². The maximum atomic E-state index is 11.6. The predicted octanol–water partition coefficient (Wildman–Crippen LogP) is 1.70. The van der Waals surface area contributed by atoms with Crippen LogP contribution in [-0.2, 0) is 4.74 Å². The highest BCUT2D eigenvalue weighted by atomic mass is 16.6. The van der Waals surface area contributed by atoms with Gasteiger partial charge in [-0.3, -0.25) is 4.79 Å². The van der Waals surface area contributed by atoms with Gasteiger partial charge < -0.3 is 19.3 Å². The van der Waals surface area contributed by atoms with E-state index in [2.05, 4.69) is 16.3 Å². The topological polar surface area (TPSA) is 117 Å². The minimum Gasteiger partial charge on any atom is -0.484 e. The van der Waals surface area contributed by atoms with Crippen molar-refractivity contribution in [1.82, 2.24) is 10.2 Å². The highest BCUT2D eigenvalue weighted by molar-refractivity contribution is 5.47. The number of benzene rings is 1. The Morgan fingerprint density at radius 2 is 2.15 bits per heavy atom. The number of ether oxygens (including phenoxy) is 3. The fourth-order valence-electron chi connectivity index (χ4n) is 3.04. The van der Waals surface area contributed by atoms with Crippen LogP contribution < -0.4 is 15.0 Å². The lowest BCUT2D eigenvalue weighted by Gasteiger charge is -2.50. The molecule has 1 aromatic carbocycles. The molecule has 0 unspecified atom stereocenters. The molecule has 1 aliphatic heterocycles. The number of H-pyrrole nitrogens is 1. The molecule has 2 N–H and O–H groups in total. The molecule has 0 radical (unpaired) electrons. The fourth-order valence-corrected chi connectivity index (χ4v) is 3.04. The second-order valence-electron chi connectivity index (χ2n) is 6.80. The van der Waals surface area contributed by atoms with Crippen LogP contribution in [0.3, 0.4) is 0 Å². The molecule has 1 aromatic heterocycles. The fraction of sp³-hybridized carbons (Fsp3) is 0.421. The van der Waals surface area contributed by atoms with Gasteiger partial charge in [-0.05, 0) is 39.0 Å². The van der Waals surface area contributed by atoms with Crippen LogP contribution in [0.15, 0.2) is 35.1 Å². The Kier molecular flexibility index (Phi) is 4.91. The van der Waals surface area contributed by atoms with E-state index in [1.807, 2.05) is 6.92 Å². The first-order chi connectivity index (χ1) is 12.8. The van der Waals surface area contributed by atoms with Gasteiger partial charge in [-0.25, -0.2) is 5.10 Å². The molecular formula is C19H21N3O5. The van der Waals surface area contributed by atoms with Crippen LogP contribution in [0.5, 0.6) is 11.6 Å². The van der Waals surface area contributed by atoms with E-state index in [0.29, 0.717) is 23.5 Å². The monoisotopic (exact) mass is 371 g/mol. The van der Waals surface area contributed by atoms with Crippen molar-refractivity contribution in [3.05, 3.63) is 51.8 Å². The number of rotatable bonds is 5. The average Bonchev–Trinajstić information content (AvgIpc) is 2.65. The number of fused-ring (bicyclic) bond motifs is 1. The third-order valence-electron chi connectivity index (χ3n) is 4.68. The highest BCUT2D eigenvalue weighted by Gasteiger charge is 2.58. The summed E-state index contributed by atoms with van der Waals surface area (Å²) in [5, 5.41) is 27.0. The normalized spacial score (nSPS) is 23.0. The number of hydrogen-bond donors (Lipinski definition) is 2. The number of aromatic nitrogens is 2. The molecule has 0 bridgehead atoms. The maximum Gasteiger partial charge on any atom is 0.264 e. The molecular weight excluding hydrogens is 350 g/mol. The van der Waals surface area contributed by atoms with Crippen molar-refractivity contribution in [1.29, 1.82) is 5.26 Å². The average molecular weight is 371 g/mol. The lowest BCUT2D eigenvalue weighted by Crippen LogP contribution is -2.64. The van der Waals surface area contributed by atoms with Gasteiger partial charge in [0.1, 0.15) is 11.4 Å². The first-order valence-electron chi connectivity index (χ1n) is 8.56. The van der Waals surface area contributed by atoms with Crippen LogP contribution in [0, 0.1) is 11.3 Å². The summed E-state index contributed by atoms with van der Waals surface area (Å²) in [6, 6.07) is 9.68. The van der Waals surface area contributed by atoms with Gasteiger partial charge in [0.05, 0.1) is 18.2 Å². The first-order valence-corrected chi connectivity index (χ1v) is 8.56. The van der Waals surface area contributed by atoms with Gasteiger partial charge in [-0.2, -0.15) is 5.26 Å². The van der Waals surface area contributed by atoms with Gasteiger partial charge in [0.25, 0.3) is 5.56 Å². The molecule has 0 spiro atoms. The van der Waals surface area contributed by atoms with Crippen LogP contribution in [0.4, 0.5) is 0 Å². The number of nitriles is 1. The Morgan fingerprint density at radius 3 is 2.78 bits per heavy atom. The van der Waals surface area contributed by atoms with E-state index in [0.717, 1.165) is 0 Å². The van der Waals surface area contributed by atoms with E-state index >= 15 is 0 Å². The number of nitrogens with one attached hydrogen (secondary N) is 1. The van der Waals surface area contributed by atoms with E-state index in [1.165, 1.54) is 12.1 Å². The van der Waals surface area contributed by atoms with Crippen molar-refractivity contribution < 1.29 is 19.3 Å². The third kappa shape index (κ3) is 3.39. The number of aliphatic hydroxyl groups is 1. The van der Waals surface area contributed by atoms with E-state index in [1.54, 1.807) is 32.0 Å². The van der Waals surface area contributed by atoms with Crippen LogP contribution in [0.25, 0.3) is 0 Å². The molecule has 3 rings (SSSR count). The quantitative estimate of drug-likeness (QED) is 0.821. The summed E-state index contributed by atoms with van der Waals surface area (Å²) in [4.78, 5) is 11.3. The Balaban J connectivity index is 2.13. The summed E-state index contributed by atoms with van der Waals surface area (Å²) in [7, 11) is 0. The molecule has 2 heterocycles. The Bertz CT molecular complexity index is 913. The zero-order valence-corrected chi connectivity index (χ0v) is 15.4. The van der Waals surface area contributed by atoms with Crippen molar-refractivity contribution in [2.24, 2.45) is 0 Å². The standard InChI is InChI=1S/C19H21N3O5/c1-4-25-11-19(24)17(26-16-8-7-15(23)21-22-16)13-9-12(10-20)5-6-14(13)27-18(19,2)3/h5-9,17,24H,4,11H2,1-3H3,(H,21,23)/t17-,19+/m1/s1. The summed E-state index contributed by atoms with van der Waals surface area (Å²) in [6.07, 6.45) is -0.936. The van der Waals surface area contributed by atoms with Gasteiger partial charge in [0.2, 0.25) is 5.88 Å². The molecule has 2 aromatic rings. The first kappa shape index (κ1) is 18.9. The van der Waals surface area contributed by atoms with E-state index in [4.69, 9.17) is 14.2 Å². The second kappa shape index (κ2) is 7.02. The largest absolute Gasteiger partial charge is 0.484 e. The minimum absolute atomic E-state index is 0.0548. The smallest absolute Gasteiger partial charge is 0.264 e. The zero-order chi connectivity index (χ0) is 19.7. The maximum absolute atomic E-state index is 11.6. The van der Waals surface area contributed by atoms with Gasteiger partial charge in [0, 0.05) is 24.3 Å². The summed E-state index contributed by atoms with van der Waals surface area (Å²) in [5.74, 6) is 0.620. The summed E-state index contributed by atoms with van der Waals surface area (Å²) < 4.78 is 17.5. The summed E-state index contributed by atoms with van der Waals surface area (Å²) in [5.41, 5.74) is -2.10. The Labute approximate surface area is 156 Å². The van der Waals surface area contributed by atoms with Gasteiger partial charge in [0.15, 0.2) is 11.7 Å².